The molecule has 0 aliphatic heterocycles. The van der Waals surface area contributed by atoms with Crippen molar-refractivity contribution in [2.24, 2.45) is 7.05 Å². The Morgan fingerprint density at radius 1 is 1.82 bits per heavy atom. The quantitative estimate of drug-likeness (QED) is 0.671. The summed E-state index contributed by atoms with van der Waals surface area (Å²) in [6, 6.07) is 0. The molecule has 0 amide bonds. The zero-order chi connectivity index (χ0) is 8.43. The molecule has 0 fully saturated rings. The predicted octanol–water partition coefficient (Wildman–Crippen LogP) is 0.840. The monoisotopic (exact) mass is 172 g/mol. The molecule has 11 heavy (non-hydrogen) atoms. The summed E-state index contributed by atoms with van der Waals surface area (Å²) in [6.45, 7) is 0. The second-order valence-electron chi connectivity index (χ2n) is 2.02. The lowest BCUT2D eigenvalue weighted by atomic mass is 10.4. The zero-order valence-corrected chi connectivity index (χ0v) is 7.05. The minimum absolute atomic E-state index is 0.125. The molecule has 0 saturated heterocycles. The van der Waals surface area contributed by atoms with Gasteiger partial charge in [0.25, 0.3) is 0 Å². The molecule has 60 valence electrons. The number of hydrogen-bond donors (Lipinski definition) is 1. The van der Waals surface area contributed by atoms with Gasteiger partial charge in [-0.1, -0.05) is 0 Å². The second-order valence-corrected chi connectivity index (χ2v) is 2.87. The molecule has 4 nitrogen and oxygen atoms in total. The maximum Gasteiger partial charge on any atom is 0.357 e. The molecule has 0 bridgehead atoms. The third-order valence-electron chi connectivity index (χ3n) is 1.22. The lowest BCUT2D eigenvalue weighted by Crippen LogP contribution is -1.99. The number of aromatic carboxylic acids is 1. The normalized spacial score (nSPS) is 10.0. The smallest absolute Gasteiger partial charge is 0.357 e. The van der Waals surface area contributed by atoms with E-state index >= 15 is 0 Å². The van der Waals surface area contributed by atoms with Gasteiger partial charge in [0.1, 0.15) is 0 Å². The van der Waals surface area contributed by atoms with Gasteiger partial charge in [-0.3, -0.25) is 4.68 Å². The van der Waals surface area contributed by atoms with Crippen LogP contribution >= 0.6 is 11.8 Å². The first-order valence-electron chi connectivity index (χ1n) is 2.96. The van der Waals surface area contributed by atoms with Crippen molar-refractivity contribution in [2.45, 2.75) is 4.90 Å². The Balaban J connectivity index is 3.12. The summed E-state index contributed by atoms with van der Waals surface area (Å²) in [5.74, 6) is -0.977. The van der Waals surface area contributed by atoms with Crippen LogP contribution in [-0.2, 0) is 7.05 Å². The Kier molecular flexibility index (Phi) is 2.19. The molecule has 1 rings (SSSR count). The van der Waals surface area contributed by atoms with Gasteiger partial charge in [-0.2, -0.15) is 5.10 Å². The molecule has 0 radical (unpaired) electrons. The standard InChI is InChI=1S/C6H8N2O2S/c1-8-3-4(11-2)5(7-8)6(9)10/h3H,1-2H3,(H,9,10). The molecule has 0 aliphatic carbocycles. The highest BCUT2D eigenvalue weighted by molar-refractivity contribution is 7.98. The molecule has 0 unspecified atom stereocenters. The van der Waals surface area contributed by atoms with E-state index in [1.807, 2.05) is 6.26 Å². The van der Waals surface area contributed by atoms with Crippen LogP contribution in [-0.4, -0.2) is 27.1 Å². The van der Waals surface area contributed by atoms with E-state index < -0.39 is 5.97 Å². The van der Waals surface area contributed by atoms with Crippen molar-refractivity contribution in [3.8, 4) is 0 Å². The Morgan fingerprint density at radius 2 is 2.45 bits per heavy atom. The summed E-state index contributed by atoms with van der Waals surface area (Å²) in [6.07, 6.45) is 3.51. The summed E-state index contributed by atoms with van der Waals surface area (Å²) in [5, 5.41) is 12.4. The lowest BCUT2D eigenvalue weighted by molar-refractivity contribution is 0.0686. The Hall–Kier alpha value is -0.970. The van der Waals surface area contributed by atoms with Gasteiger partial charge < -0.3 is 5.11 Å². The second kappa shape index (κ2) is 2.96. The highest BCUT2D eigenvalue weighted by atomic mass is 32.2. The minimum Gasteiger partial charge on any atom is -0.476 e. The van der Waals surface area contributed by atoms with E-state index in [0.717, 1.165) is 0 Å². The summed E-state index contributed by atoms with van der Waals surface area (Å²) in [7, 11) is 1.70. The first-order valence-corrected chi connectivity index (χ1v) is 4.18. The van der Waals surface area contributed by atoms with Gasteiger partial charge in [0.05, 0.1) is 4.90 Å². The molecule has 1 aromatic rings. The van der Waals surface area contributed by atoms with E-state index in [1.54, 1.807) is 13.2 Å². The SMILES string of the molecule is CSc1cn(C)nc1C(=O)O. The molecule has 0 aromatic carbocycles. The predicted molar refractivity (Wildman–Crippen MR) is 41.9 cm³/mol. The number of hydrogen-bond acceptors (Lipinski definition) is 3. The van der Waals surface area contributed by atoms with E-state index in [1.165, 1.54) is 16.4 Å². The van der Waals surface area contributed by atoms with Gasteiger partial charge in [-0.05, 0) is 6.26 Å². The fraction of sp³-hybridized carbons (Fsp3) is 0.333. The van der Waals surface area contributed by atoms with Gasteiger partial charge in [0, 0.05) is 13.2 Å². The van der Waals surface area contributed by atoms with Crippen LogP contribution in [0, 0.1) is 0 Å². The third-order valence-corrected chi connectivity index (χ3v) is 1.96. The van der Waals surface area contributed by atoms with Gasteiger partial charge in [0.2, 0.25) is 0 Å². The van der Waals surface area contributed by atoms with Crippen LogP contribution < -0.4 is 0 Å². The zero-order valence-electron chi connectivity index (χ0n) is 6.24. The molecule has 1 N–H and O–H groups in total. The van der Waals surface area contributed by atoms with Gasteiger partial charge in [0.15, 0.2) is 5.69 Å². The number of rotatable bonds is 2. The van der Waals surface area contributed by atoms with E-state index in [9.17, 15) is 4.79 Å². The fourth-order valence-electron chi connectivity index (χ4n) is 0.764. The average Bonchev–Trinajstić information content (AvgIpc) is 2.30. The van der Waals surface area contributed by atoms with Crippen LogP contribution in [0.5, 0.6) is 0 Å². The van der Waals surface area contributed by atoms with Crippen LogP contribution in [0.3, 0.4) is 0 Å². The Labute approximate surface area is 68.2 Å². The van der Waals surface area contributed by atoms with Crippen molar-refractivity contribution >= 4 is 17.7 Å². The lowest BCUT2D eigenvalue weighted by Gasteiger charge is -1.88. The molecule has 0 atom stereocenters. The molecular formula is C6H8N2O2S. The van der Waals surface area contributed by atoms with Crippen molar-refractivity contribution in [1.82, 2.24) is 9.78 Å². The van der Waals surface area contributed by atoms with E-state index in [2.05, 4.69) is 5.10 Å². The topological polar surface area (TPSA) is 55.1 Å². The van der Waals surface area contributed by atoms with Crippen molar-refractivity contribution in [1.29, 1.82) is 0 Å². The van der Waals surface area contributed by atoms with Crippen LogP contribution in [0.2, 0.25) is 0 Å². The van der Waals surface area contributed by atoms with Crippen molar-refractivity contribution in [2.75, 3.05) is 6.26 Å². The number of aromatic nitrogens is 2. The average molecular weight is 172 g/mol. The summed E-state index contributed by atoms with van der Waals surface area (Å²) in [5.41, 5.74) is 0.125. The molecule has 0 aliphatic rings. The van der Waals surface area contributed by atoms with Crippen molar-refractivity contribution in [3.63, 3.8) is 0 Å². The van der Waals surface area contributed by atoms with E-state index in [0.29, 0.717) is 4.90 Å². The van der Waals surface area contributed by atoms with Crippen LogP contribution in [0.25, 0.3) is 0 Å². The van der Waals surface area contributed by atoms with Crippen molar-refractivity contribution in [3.05, 3.63) is 11.9 Å². The number of carboxylic acids is 1. The number of carboxylic acid groups (broad SMARTS) is 1. The molecule has 0 spiro atoms. The largest absolute Gasteiger partial charge is 0.476 e. The molecular weight excluding hydrogens is 164 g/mol. The summed E-state index contributed by atoms with van der Waals surface area (Å²) >= 11 is 1.38. The highest BCUT2D eigenvalue weighted by Crippen LogP contribution is 2.17. The summed E-state index contributed by atoms with van der Waals surface area (Å²) < 4.78 is 1.50. The van der Waals surface area contributed by atoms with E-state index in [4.69, 9.17) is 5.11 Å². The van der Waals surface area contributed by atoms with Crippen molar-refractivity contribution < 1.29 is 9.90 Å². The van der Waals surface area contributed by atoms with Gasteiger partial charge >= 0.3 is 5.97 Å². The molecule has 5 heteroatoms. The number of aryl methyl sites for hydroxylation is 1. The fourth-order valence-corrected chi connectivity index (χ4v) is 1.34. The molecule has 0 saturated carbocycles. The van der Waals surface area contributed by atoms with Crippen LogP contribution in [0.4, 0.5) is 0 Å². The van der Waals surface area contributed by atoms with Gasteiger partial charge in [-0.15, -0.1) is 11.8 Å². The number of carbonyl (C=O) groups is 1. The first-order chi connectivity index (χ1) is 5.15. The van der Waals surface area contributed by atoms with Crippen LogP contribution in [0.1, 0.15) is 10.5 Å². The number of thioether (sulfide) groups is 1. The first kappa shape index (κ1) is 8.13. The highest BCUT2D eigenvalue weighted by Gasteiger charge is 2.12. The molecule has 1 aromatic heterocycles. The Morgan fingerprint density at radius 3 is 2.82 bits per heavy atom. The maximum atomic E-state index is 10.5. The maximum absolute atomic E-state index is 10.5. The Bertz CT molecular complexity index is 282. The molecule has 1 heterocycles. The van der Waals surface area contributed by atoms with Gasteiger partial charge in [-0.25, -0.2) is 4.79 Å². The third kappa shape index (κ3) is 1.54. The van der Waals surface area contributed by atoms with E-state index in [-0.39, 0.29) is 5.69 Å². The summed E-state index contributed by atoms with van der Waals surface area (Å²) in [4.78, 5) is 11.2. The van der Waals surface area contributed by atoms with Crippen LogP contribution in [0.15, 0.2) is 11.1 Å². The number of nitrogens with zero attached hydrogens (tertiary/aromatic N) is 2. The minimum atomic E-state index is -0.977.